The van der Waals surface area contributed by atoms with Gasteiger partial charge in [0.15, 0.2) is 0 Å². The predicted molar refractivity (Wildman–Crippen MR) is 99.0 cm³/mol. The zero-order valence-corrected chi connectivity index (χ0v) is 15.5. The van der Waals surface area contributed by atoms with E-state index in [2.05, 4.69) is 21.2 Å². The van der Waals surface area contributed by atoms with Crippen LogP contribution in [0, 0.1) is 11.8 Å². The number of fused-ring (bicyclic) bond motifs is 1. The van der Waals surface area contributed by atoms with Crippen molar-refractivity contribution in [3.63, 3.8) is 0 Å². The summed E-state index contributed by atoms with van der Waals surface area (Å²) in [7, 11) is 0. The number of carboxylic acids is 1. The van der Waals surface area contributed by atoms with Crippen molar-refractivity contribution in [3.05, 3.63) is 58.6 Å². The summed E-state index contributed by atoms with van der Waals surface area (Å²) in [4.78, 5) is 38.9. The molecule has 2 amide bonds. The maximum atomic E-state index is 13.1. The van der Waals surface area contributed by atoms with E-state index >= 15 is 0 Å². The highest BCUT2D eigenvalue weighted by Crippen LogP contribution is 2.47. The number of nitrogens with one attached hydrogen (secondary N) is 1. The Bertz CT molecular complexity index is 963. The molecule has 0 radical (unpaired) electrons. The lowest BCUT2D eigenvalue weighted by atomic mass is 9.86. The summed E-state index contributed by atoms with van der Waals surface area (Å²) < 4.78 is 0.697. The van der Waals surface area contributed by atoms with Crippen molar-refractivity contribution in [2.45, 2.75) is 12.1 Å². The van der Waals surface area contributed by atoms with E-state index in [-0.39, 0.29) is 5.75 Å². The first-order valence-electron chi connectivity index (χ1n) is 8.30. The van der Waals surface area contributed by atoms with Gasteiger partial charge in [-0.3, -0.25) is 19.7 Å². The molecule has 0 bridgehead atoms. The number of anilines is 1. The molecule has 0 spiro atoms. The molecule has 27 heavy (non-hydrogen) atoms. The number of phenolic OH excluding ortho intramolecular Hbond substituents is 1. The van der Waals surface area contributed by atoms with Gasteiger partial charge < -0.3 is 10.2 Å². The number of rotatable bonds is 3. The van der Waals surface area contributed by atoms with Crippen LogP contribution in [0.3, 0.4) is 0 Å². The van der Waals surface area contributed by atoms with Crippen LogP contribution in [0.5, 0.6) is 5.75 Å². The van der Waals surface area contributed by atoms with Crippen LogP contribution in [0.1, 0.15) is 11.6 Å². The van der Waals surface area contributed by atoms with E-state index in [0.717, 1.165) is 4.90 Å². The first kappa shape index (κ1) is 17.7. The second-order valence-electron chi connectivity index (χ2n) is 6.56. The number of para-hydroxylation sites is 1. The van der Waals surface area contributed by atoms with Crippen molar-refractivity contribution in [1.82, 2.24) is 5.32 Å². The summed E-state index contributed by atoms with van der Waals surface area (Å²) in [6.45, 7) is 0. The van der Waals surface area contributed by atoms with Gasteiger partial charge in [0, 0.05) is 16.1 Å². The Kier molecular flexibility index (Phi) is 4.24. The molecule has 2 aromatic carbocycles. The number of aromatic hydroxyl groups is 1. The standard InChI is InChI=1S/C19H15BrN2O5/c20-9-4-3-5-10(8-9)22-17(24)13-14(18(22)25)16(19(26)27)21-15(13)11-6-1-2-7-12(11)23/h1-8,13-16,21,23H,(H,26,27)/t13-,14+,15+,16+/m1/s1. The molecule has 2 aliphatic heterocycles. The molecule has 8 heteroatoms. The number of imide groups is 1. The van der Waals surface area contributed by atoms with Crippen LogP contribution in [0.2, 0.25) is 0 Å². The van der Waals surface area contributed by atoms with Crippen LogP contribution in [0.15, 0.2) is 53.0 Å². The third kappa shape index (κ3) is 2.72. The molecular formula is C19H15BrN2O5. The largest absolute Gasteiger partial charge is 0.508 e. The van der Waals surface area contributed by atoms with Gasteiger partial charge in [-0.2, -0.15) is 0 Å². The van der Waals surface area contributed by atoms with E-state index in [1.807, 2.05) is 0 Å². The Balaban J connectivity index is 1.80. The van der Waals surface area contributed by atoms with Gasteiger partial charge in [0.05, 0.1) is 17.5 Å². The van der Waals surface area contributed by atoms with Crippen LogP contribution in [-0.2, 0) is 14.4 Å². The second-order valence-corrected chi connectivity index (χ2v) is 7.48. The van der Waals surface area contributed by atoms with Crippen molar-refractivity contribution in [2.24, 2.45) is 11.8 Å². The Hall–Kier alpha value is -2.71. The predicted octanol–water partition coefficient (Wildman–Crippen LogP) is 2.06. The number of amides is 2. The zero-order valence-electron chi connectivity index (χ0n) is 13.9. The van der Waals surface area contributed by atoms with Crippen molar-refractivity contribution in [1.29, 1.82) is 0 Å². The van der Waals surface area contributed by atoms with E-state index in [0.29, 0.717) is 15.7 Å². The number of carbonyl (C=O) groups is 3. The topological polar surface area (TPSA) is 107 Å². The highest BCUT2D eigenvalue weighted by molar-refractivity contribution is 9.10. The number of halogens is 1. The number of benzene rings is 2. The third-order valence-corrected chi connectivity index (χ3v) is 5.57. The van der Waals surface area contributed by atoms with Crippen molar-refractivity contribution in [2.75, 3.05) is 4.90 Å². The number of carbonyl (C=O) groups excluding carboxylic acids is 2. The SMILES string of the molecule is O=C(O)[C@H]1N[C@@H](c2ccccc2O)[C@@H]2C(=O)N(c3cccc(Br)c3)C(=O)[C@@H]21. The van der Waals surface area contributed by atoms with Gasteiger partial charge in [0.2, 0.25) is 11.8 Å². The summed E-state index contributed by atoms with van der Waals surface area (Å²) in [6.07, 6.45) is 0. The number of phenols is 1. The molecule has 4 rings (SSSR count). The van der Waals surface area contributed by atoms with Gasteiger partial charge in [-0.15, -0.1) is 0 Å². The van der Waals surface area contributed by atoms with E-state index in [1.165, 1.54) is 6.07 Å². The van der Waals surface area contributed by atoms with Gasteiger partial charge in [-0.05, 0) is 24.3 Å². The smallest absolute Gasteiger partial charge is 0.321 e. The first-order valence-corrected chi connectivity index (χ1v) is 9.09. The van der Waals surface area contributed by atoms with Gasteiger partial charge in [0.25, 0.3) is 0 Å². The average Bonchev–Trinajstić information content (AvgIpc) is 3.13. The lowest BCUT2D eigenvalue weighted by molar-refractivity contribution is -0.142. The van der Waals surface area contributed by atoms with E-state index in [9.17, 15) is 24.6 Å². The van der Waals surface area contributed by atoms with Crippen molar-refractivity contribution >= 4 is 39.4 Å². The molecule has 2 aliphatic rings. The summed E-state index contributed by atoms with van der Waals surface area (Å²) in [5, 5.41) is 22.6. The number of aliphatic carboxylic acids is 1. The number of carboxylic acid groups (broad SMARTS) is 1. The number of hydrogen-bond acceptors (Lipinski definition) is 5. The summed E-state index contributed by atoms with van der Waals surface area (Å²) in [5.74, 6) is -4.25. The summed E-state index contributed by atoms with van der Waals surface area (Å²) in [5.41, 5.74) is 0.780. The molecule has 2 aromatic rings. The fraction of sp³-hybridized carbons (Fsp3) is 0.211. The molecular weight excluding hydrogens is 416 g/mol. The van der Waals surface area contributed by atoms with Gasteiger partial charge in [-0.25, -0.2) is 4.90 Å². The maximum Gasteiger partial charge on any atom is 0.321 e. The van der Waals surface area contributed by atoms with Crippen LogP contribution in [0.25, 0.3) is 0 Å². The summed E-state index contributed by atoms with van der Waals surface area (Å²) in [6, 6.07) is 11.1. The van der Waals surface area contributed by atoms with Gasteiger partial charge >= 0.3 is 5.97 Å². The van der Waals surface area contributed by atoms with Crippen molar-refractivity contribution in [3.8, 4) is 5.75 Å². The molecule has 0 aromatic heterocycles. The minimum absolute atomic E-state index is 0.0547. The first-order chi connectivity index (χ1) is 12.9. The fourth-order valence-electron chi connectivity index (χ4n) is 3.94. The Morgan fingerprint density at radius 2 is 1.74 bits per heavy atom. The number of hydrogen-bond donors (Lipinski definition) is 3. The lowest BCUT2D eigenvalue weighted by Gasteiger charge is -2.22. The fourth-order valence-corrected chi connectivity index (χ4v) is 4.33. The van der Waals surface area contributed by atoms with Crippen molar-refractivity contribution < 1.29 is 24.6 Å². The maximum absolute atomic E-state index is 13.1. The van der Waals surface area contributed by atoms with Crippen LogP contribution >= 0.6 is 15.9 Å². The van der Waals surface area contributed by atoms with Crippen LogP contribution in [-0.4, -0.2) is 34.0 Å². The van der Waals surface area contributed by atoms with Gasteiger partial charge in [0.1, 0.15) is 11.8 Å². The lowest BCUT2D eigenvalue weighted by Crippen LogP contribution is -2.43. The zero-order chi connectivity index (χ0) is 19.3. The molecule has 4 atom stereocenters. The molecule has 2 heterocycles. The third-order valence-electron chi connectivity index (χ3n) is 5.08. The Morgan fingerprint density at radius 3 is 2.41 bits per heavy atom. The molecule has 0 aliphatic carbocycles. The second kappa shape index (κ2) is 6.47. The quantitative estimate of drug-likeness (QED) is 0.643. The highest BCUT2D eigenvalue weighted by atomic mass is 79.9. The van der Waals surface area contributed by atoms with Crippen LogP contribution < -0.4 is 10.2 Å². The average molecular weight is 431 g/mol. The Labute approximate surface area is 162 Å². The minimum Gasteiger partial charge on any atom is -0.508 e. The molecule has 3 N–H and O–H groups in total. The summed E-state index contributed by atoms with van der Waals surface area (Å²) >= 11 is 3.31. The molecule has 138 valence electrons. The molecule has 0 saturated carbocycles. The Morgan fingerprint density at radius 1 is 1.04 bits per heavy atom. The molecule has 0 unspecified atom stereocenters. The van der Waals surface area contributed by atoms with E-state index in [4.69, 9.17) is 0 Å². The van der Waals surface area contributed by atoms with E-state index < -0.39 is 41.7 Å². The van der Waals surface area contributed by atoms with E-state index in [1.54, 1.807) is 42.5 Å². The molecule has 7 nitrogen and oxygen atoms in total. The molecule has 2 saturated heterocycles. The van der Waals surface area contributed by atoms with Gasteiger partial charge in [-0.1, -0.05) is 40.2 Å². The normalized spacial score (nSPS) is 27.1. The number of nitrogens with zero attached hydrogens (tertiary/aromatic N) is 1. The molecule has 2 fully saturated rings. The highest BCUT2D eigenvalue weighted by Gasteiger charge is 2.61. The monoisotopic (exact) mass is 430 g/mol. The minimum atomic E-state index is -1.21. The van der Waals surface area contributed by atoms with Crippen LogP contribution in [0.4, 0.5) is 5.69 Å².